The summed E-state index contributed by atoms with van der Waals surface area (Å²) in [6.07, 6.45) is 7.87. The Labute approximate surface area is 198 Å². The van der Waals surface area contributed by atoms with Crippen molar-refractivity contribution < 1.29 is 28.7 Å². The smallest absolute Gasteiger partial charge is 0.309 e. The molecule has 0 radical (unpaired) electrons. The number of likely N-dealkylation sites (tertiary alicyclic amines) is 1. The quantitative estimate of drug-likeness (QED) is 0.279. The van der Waals surface area contributed by atoms with Gasteiger partial charge in [0.2, 0.25) is 11.8 Å². The molecule has 1 saturated heterocycles. The van der Waals surface area contributed by atoms with Crippen LogP contribution in [0.15, 0.2) is 36.4 Å². The number of nitrogens with zero attached hydrogens (tertiary/aromatic N) is 1. The summed E-state index contributed by atoms with van der Waals surface area (Å²) in [5.74, 6) is 1.05. The Hall–Kier alpha value is -2.96. The van der Waals surface area contributed by atoms with Crippen LogP contribution >= 0.6 is 0 Å². The fourth-order valence-electron chi connectivity index (χ4n) is 7.02. The molecule has 1 aromatic rings. The molecule has 1 aliphatic heterocycles. The van der Waals surface area contributed by atoms with E-state index in [9.17, 15) is 19.2 Å². The molecule has 2 bridgehead atoms. The van der Waals surface area contributed by atoms with Crippen molar-refractivity contribution in [3.05, 3.63) is 42.0 Å². The van der Waals surface area contributed by atoms with Gasteiger partial charge in [-0.15, -0.1) is 0 Å². The van der Waals surface area contributed by atoms with Crippen molar-refractivity contribution in [3.63, 3.8) is 0 Å². The average Bonchev–Trinajstić information content (AvgIpc) is 3.65. The lowest BCUT2D eigenvalue weighted by molar-refractivity contribution is -0.149. The van der Waals surface area contributed by atoms with Crippen LogP contribution in [0, 0.1) is 41.4 Å². The van der Waals surface area contributed by atoms with Crippen molar-refractivity contribution in [3.8, 4) is 5.75 Å². The lowest BCUT2D eigenvalue weighted by Gasteiger charge is -2.37. The fraction of sp³-hybridized carbons (Fsp3) is 0.556. The van der Waals surface area contributed by atoms with E-state index in [1.807, 2.05) is 0 Å². The van der Waals surface area contributed by atoms with Gasteiger partial charge in [0.25, 0.3) is 0 Å². The largest absolute Gasteiger partial charge is 0.497 e. The van der Waals surface area contributed by atoms with Crippen LogP contribution in [0.5, 0.6) is 5.75 Å². The molecule has 7 nitrogen and oxygen atoms in total. The van der Waals surface area contributed by atoms with Gasteiger partial charge in [0.1, 0.15) is 5.75 Å². The molecule has 34 heavy (non-hydrogen) atoms. The Morgan fingerprint density at radius 2 is 1.50 bits per heavy atom. The van der Waals surface area contributed by atoms with E-state index in [4.69, 9.17) is 9.47 Å². The van der Waals surface area contributed by atoms with E-state index in [0.29, 0.717) is 48.8 Å². The Bertz CT molecular complexity index is 1030. The van der Waals surface area contributed by atoms with Gasteiger partial charge in [-0.3, -0.25) is 24.1 Å². The van der Waals surface area contributed by atoms with Gasteiger partial charge in [0.05, 0.1) is 24.9 Å². The summed E-state index contributed by atoms with van der Waals surface area (Å²) < 4.78 is 10.4. The zero-order chi connectivity index (χ0) is 23.6. The third-order valence-electron chi connectivity index (χ3n) is 8.85. The molecule has 0 unspecified atom stereocenters. The topological polar surface area (TPSA) is 90.0 Å². The molecular weight excluding hydrogens is 434 g/mol. The van der Waals surface area contributed by atoms with Gasteiger partial charge in [0.15, 0.2) is 12.4 Å². The standard InChI is InChI=1S/C27H29NO6/c1-33-17-8-4-14(5-9-17)22(29)13-34-27(32)15-2-6-16(7-3-15)28-25(30)23-18-10-11-19(21-12-20(18)21)24(23)26(28)31/h4-5,8-11,15-16,18-21,23-24H,2-3,6-7,12-13H2,1H3/t15?,16?,18-,19-,20-,21-,23-,24+/m0/s1. The first-order chi connectivity index (χ1) is 16.5. The van der Waals surface area contributed by atoms with Crippen molar-refractivity contribution in [1.29, 1.82) is 0 Å². The second-order valence-corrected chi connectivity index (χ2v) is 10.5. The third kappa shape index (κ3) is 3.31. The van der Waals surface area contributed by atoms with Gasteiger partial charge < -0.3 is 9.47 Å². The Morgan fingerprint density at radius 1 is 0.912 bits per heavy atom. The van der Waals surface area contributed by atoms with Crippen molar-refractivity contribution in [2.24, 2.45) is 41.4 Å². The maximum Gasteiger partial charge on any atom is 0.309 e. The minimum atomic E-state index is -0.379. The number of hydrogen-bond donors (Lipinski definition) is 0. The number of hydrogen-bond acceptors (Lipinski definition) is 6. The molecule has 178 valence electrons. The zero-order valence-electron chi connectivity index (χ0n) is 19.2. The summed E-state index contributed by atoms with van der Waals surface area (Å²) in [5, 5.41) is 0. The van der Waals surface area contributed by atoms with Crippen molar-refractivity contribution >= 4 is 23.6 Å². The normalized spacial score (nSPS) is 37.3. The Balaban J connectivity index is 1.03. The first-order valence-electron chi connectivity index (χ1n) is 12.4. The van der Waals surface area contributed by atoms with Crippen molar-refractivity contribution in [1.82, 2.24) is 4.90 Å². The lowest BCUT2D eigenvalue weighted by atomic mass is 9.63. The summed E-state index contributed by atoms with van der Waals surface area (Å²) >= 11 is 0. The van der Waals surface area contributed by atoms with E-state index in [2.05, 4.69) is 12.2 Å². The molecule has 7 heteroatoms. The molecule has 0 spiro atoms. The van der Waals surface area contributed by atoms with E-state index < -0.39 is 0 Å². The second kappa shape index (κ2) is 8.07. The SMILES string of the molecule is COc1ccc(C(=O)COC(=O)C2CCC(N3C(=O)[C@@H]4[C@H]5C=C[C@@H]([C@@H]6C[C@@H]56)[C@@H]4C3=O)CC2)cc1. The molecule has 3 saturated carbocycles. The summed E-state index contributed by atoms with van der Waals surface area (Å²) in [7, 11) is 1.55. The molecule has 0 N–H and O–H groups in total. The minimum Gasteiger partial charge on any atom is -0.497 e. The van der Waals surface area contributed by atoms with Gasteiger partial charge in [-0.05, 0) is 80.0 Å². The maximum absolute atomic E-state index is 13.3. The number of imide groups is 1. The fourth-order valence-corrected chi connectivity index (χ4v) is 7.02. The number of Topliss-reactive ketones (excluding diaryl/α,β-unsaturated/α-hetero) is 1. The third-order valence-corrected chi connectivity index (χ3v) is 8.85. The predicted octanol–water partition coefficient (Wildman–Crippen LogP) is 3.03. The predicted molar refractivity (Wildman–Crippen MR) is 121 cm³/mol. The molecule has 6 aliphatic rings. The molecule has 5 aliphatic carbocycles. The number of ketones is 1. The van der Waals surface area contributed by atoms with Gasteiger partial charge in [-0.2, -0.15) is 0 Å². The van der Waals surface area contributed by atoms with Crippen molar-refractivity contribution in [2.75, 3.05) is 13.7 Å². The molecule has 0 aromatic heterocycles. The molecular formula is C27H29NO6. The van der Waals surface area contributed by atoms with Crippen LogP contribution in [0.3, 0.4) is 0 Å². The number of carbonyl (C=O) groups is 4. The van der Waals surface area contributed by atoms with Gasteiger partial charge in [0, 0.05) is 11.6 Å². The summed E-state index contributed by atoms with van der Waals surface area (Å²) in [6, 6.07) is 6.54. The maximum atomic E-state index is 13.3. The van der Waals surface area contributed by atoms with Crippen LogP contribution in [0.4, 0.5) is 0 Å². The highest BCUT2D eigenvalue weighted by Crippen LogP contribution is 2.65. The first-order valence-corrected chi connectivity index (χ1v) is 12.4. The summed E-state index contributed by atoms with van der Waals surface area (Å²) in [5.41, 5.74) is 0.464. The minimum absolute atomic E-state index is 0.0100. The van der Waals surface area contributed by atoms with Crippen LogP contribution in [0.25, 0.3) is 0 Å². The van der Waals surface area contributed by atoms with Crippen LogP contribution in [-0.2, 0) is 19.1 Å². The Morgan fingerprint density at radius 3 is 2.06 bits per heavy atom. The summed E-state index contributed by atoms with van der Waals surface area (Å²) in [4.78, 5) is 53.1. The van der Waals surface area contributed by atoms with E-state index in [1.165, 1.54) is 0 Å². The highest BCUT2D eigenvalue weighted by molar-refractivity contribution is 6.06. The van der Waals surface area contributed by atoms with Gasteiger partial charge in [-0.1, -0.05) is 12.2 Å². The summed E-state index contributed by atoms with van der Waals surface area (Å²) in [6.45, 7) is -0.296. The Kier molecular flexibility index (Phi) is 5.12. The number of rotatable bonds is 6. The number of amides is 2. The second-order valence-electron chi connectivity index (χ2n) is 10.5. The number of allylic oxidation sites excluding steroid dienone is 2. The molecule has 1 heterocycles. The first kappa shape index (κ1) is 21.6. The number of methoxy groups -OCH3 is 1. The zero-order valence-corrected chi connectivity index (χ0v) is 19.2. The van der Waals surface area contributed by atoms with Gasteiger partial charge >= 0.3 is 5.97 Å². The number of carbonyl (C=O) groups excluding carboxylic acids is 4. The van der Waals surface area contributed by atoms with Crippen LogP contribution in [-0.4, -0.2) is 48.2 Å². The highest BCUT2D eigenvalue weighted by Gasteiger charge is 2.67. The molecule has 2 amide bonds. The number of ether oxygens (including phenoxy) is 2. The van der Waals surface area contributed by atoms with Gasteiger partial charge in [-0.25, -0.2) is 0 Å². The van der Waals surface area contributed by atoms with Crippen LogP contribution in [0.2, 0.25) is 0 Å². The average molecular weight is 464 g/mol. The molecule has 6 atom stereocenters. The van der Waals surface area contributed by atoms with Crippen LogP contribution < -0.4 is 4.74 Å². The molecule has 4 fully saturated rings. The van der Waals surface area contributed by atoms with E-state index in [-0.39, 0.29) is 65.8 Å². The van der Waals surface area contributed by atoms with E-state index >= 15 is 0 Å². The van der Waals surface area contributed by atoms with E-state index in [0.717, 1.165) is 6.42 Å². The highest BCUT2D eigenvalue weighted by atomic mass is 16.5. The van der Waals surface area contributed by atoms with E-state index in [1.54, 1.807) is 36.3 Å². The monoisotopic (exact) mass is 463 g/mol. The number of benzene rings is 1. The number of esters is 1. The van der Waals surface area contributed by atoms with Crippen molar-refractivity contribution in [2.45, 2.75) is 38.1 Å². The molecule has 1 aromatic carbocycles. The van der Waals surface area contributed by atoms with Crippen LogP contribution in [0.1, 0.15) is 42.5 Å². The lowest BCUT2D eigenvalue weighted by Crippen LogP contribution is -2.44. The molecule has 7 rings (SSSR count).